The number of Topliss-reactive ketones (excluding diaryl/α,β-unsaturated/α-hetero) is 1. The number of anilines is 1. The minimum atomic E-state index is -1.31. The molecule has 0 saturated carbocycles. The van der Waals surface area contributed by atoms with E-state index in [2.05, 4.69) is 5.32 Å². The summed E-state index contributed by atoms with van der Waals surface area (Å²) in [6, 6.07) is 6.64. The molecule has 1 atom stereocenters. The number of carbonyl (C=O) groups excluding carboxylic acids is 2. The number of ether oxygens (including phenoxy) is 1. The van der Waals surface area contributed by atoms with Crippen molar-refractivity contribution in [3.8, 4) is 0 Å². The molecular formula is C11H14N2O4. The summed E-state index contributed by atoms with van der Waals surface area (Å²) in [5.74, 6) is -1.21. The molecule has 0 radical (unpaired) electrons. The lowest BCUT2D eigenvalue weighted by Crippen LogP contribution is -2.22. The molecule has 0 heterocycles. The third-order valence-corrected chi connectivity index (χ3v) is 1.95. The smallest absolute Gasteiger partial charge is 0.291 e. The molecule has 0 aliphatic rings. The summed E-state index contributed by atoms with van der Waals surface area (Å²) in [5.41, 5.74) is 6.31. The molecule has 4 N–H and O–H groups in total. The van der Waals surface area contributed by atoms with Gasteiger partial charge in [-0.15, -0.1) is 0 Å². The third-order valence-electron chi connectivity index (χ3n) is 1.95. The van der Waals surface area contributed by atoms with E-state index in [4.69, 9.17) is 15.6 Å². The van der Waals surface area contributed by atoms with Gasteiger partial charge < -0.3 is 15.2 Å². The van der Waals surface area contributed by atoms with Crippen molar-refractivity contribution in [2.45, 2.75) is 19.9 Å². The first-order chi connectivity index (χ1) is 7.99. The van der Waals surface area contributed by atoms with E-state index in [9.17, 15) is 9.59 Å². The predicted octanol–water partition coefficient (Wildman–Crippen LogP) is -0.0347. The molecule has 6 nitrogen and oxygen atoms in total. The topological polar surface area (TPSA) is 102 Å². The molecule has 1 unspecified atom stereocenters. The number of hydrogen-bond donors (Lipinski definition) is 3. The number of hydrogen-bond acceptors (Lipinski definition) is 5. The van der Waals surface area contributed by atoms with Gasteiger partial charge in [0.2, 0.25) is 12.2 Å². The number of carbonyl (C=O) groups is 2. The maximum Gasteiger partial charge on any atom is 0.291 e. The van der Waals surface area contributed by atoms with E-state index in [0.29, 0.717) is 5.69 Å². The van der Waals surface area contributed by atoms with Crippen molar-refractivity contribution in [1.29, 1.82) is 0 Å². The zero-order chi connectivity index (χ0) is 12.8. The van der Waals surface area contributed by atoms with Crippen LogP contribution in [0.2, 0.25) is 0 Å². The Morgan fingerprint density at radius 1 is 1.41 bits per heavy atom. The van der Waals surface area contributed by atoms with Gasteiger partial charge in [0.05, 0.1) is 6.61 Å². The second-order valence-corrected chi connectivity index (χ2v) is 3.41. The lowest BCUT2D eigenvalue weighted by atomic mass is 10.2. The van der Waals surface area contributed by atoms with Crippen molar-refractivity contribution in [1.82, 2.24) is 0 Å². The molecule has 0 aliphatic heterocycles. The molecule has 0 spiro atoms. The van der Waals surface area contributed by atoms with Crippen LogP contribution in [0.25, 0.3) is 0 Å². The molecule has 0 aromatic heterocycles. The van der Waals surface area contributed by atoms with E-state index in [0.717, 1.165) is 5.56 Å². The average molecular weight is 238 g/mol. The summed E-state index contributed by atoms with van der Waals surface area (Å²) in [5, 5.41) is 11.1. The summed E-state index contributed by atoms with van der Waals surface area (Å²) in [4.78, 5) is 21.8. The van der Waals surface area contributed by atoms with Gasteiger partial charge in [-0.05, 0) is 17.7 Å². The molecular weight excluding hydrogens is 224 g/mol. The van der Waals surface area contributed by atoms with E-state index < -0.39 is 18.1 Å². The average Bonchev–Trinajstić information content (AvgIpc) is 2.28. The van der Waals surface area contributed by atoms with Crippen molar-refractivity contribution >= 4 is 17.4 Å². The maximum atomic E-state index is 11.1. The van der Waals surface area contributed by atoms with Crippen LogP contribution in [0.5, 0.6) is 0 Å². The zero-order valence-electron chi connectivity index (χ0n) is 9.34. The van der Waals surface area contributed by atoms with Gasteiger partial charge in [0.25, 0.3) is 5.91 Å². The Morgan fingerprint density at radius 2 is 2.00 bits per heavy atom. The summed E-state index contributed by atoms with van der Waals surface area (Å²) in [7, 11) is 0. The number of rotatable bonds is 5. The highest BCUT2D eigenvalue weighted by Gasteiger charge is 2.07. The van der Waals surface area contributed by atoms with Crippen molar-refractivity contribution in [3.05, 3.63) is 29.8 Å². The van der Waals surface area contributed by atoms with E-state index in [1.165, 1.54) is 6.92 Å². The number of nitrogens with two attached hydrogens (primary N) is 1. The molecule has 1 aromatic carbocycles. The predicted molar refractivity (Wildman–Crippen MR) is 60.7 cm³/mol. The van der Waals surface area contributed by atoms with Crippen molar-refractivity contribution < 1.29 is 19.4 Å². The SMILES string of the molecule is CC(=O)C(=O)Nc1ccc(COC(N)O)cc1. The van der Waals surface area contributed by atoms with Gasteiger partial charge in [0.15, 0.2) is 0 Å². The monoisotopic (exact) mass is 238 g/mol. The fourth-order valence-corrected chi connectivity index (χ4v) is 1.09. The number of ketones is 1. The highest BCUT2D eigenvalue weighted by atomic mass is 16.6. The lowest BCUT2D eigenvalue weighted by Gasteiger charge is -2.07. The third kappa shape index (κ3) is 4.73. The van der Waals surface area contributed by atoms with Gasteiger partial charge in [-0.3, -0.25) is 15.3 Å². The molecule has 0 saturated heterocycles. The fourth-order valence-electron chi connectivity index (χ4n) is 1.09. The van der Waals surface area contributed by atoms with Crippen LogP contribution in [0.1, 0.15) is 12.5 Å². The molecule has 92 valence electrons. The van der Waals surface area contributed by atoms with E-state index in [1.807, 2.05) is 0 Å². The second-order valence-electron chi connectivity index (χ2n) is 3.41. The summed E-state index contributed by atoms with van der Waals surface area (Å²) < 4.78 is 4.78. The number of aliphatic hydroxyl groups is 1. The Kier molecular flexibility index (Phi) is 4.77. The summed E-state index contributed by atoms with van der Waals surface area (Å²) in [6.07, 6.45) is -1.31. The zero-order valence-corrected chi connectivity index (χ0v) is 9.34. The van der Waals surface area contributed by atoms with Crippen LogP contribution in [0.4, 0.5) is 5.69 Å². The standard InChI is InChI=1S/C11H14N2O4/c1-7(14)10(15)13-9-4-2-8(3-5-9)6-17-11(12)16/h2-5,11,16H,6,12H2,1H3,(H,13,15). The van der Waals surface area contributed by atoms with E-state index >= 15 is 0 Å². The first-order valence-corrected chi connectivity index (χ1v) is 4.95. The Hall–Kier alpha value is -1.76. The molecule has 1 amide bonds. The van der Waals surface area contributed by atoms with Gasteiger partial charge in [-0.2, -0.15) is 0 Å². The highest BCUT2D eigenvalue weighted by molar-refractivity contribution is 6.39. The van der Waals surface area contributed by atoms with Crippen molar-refractivity contribution in [3.63, 3.8) is 0 Å². The van der Waals surface area contributed by atoms with E-state index in [1.54, 1.807) is 24.3 Å². The molecule has 17 heavy (non-hydrogen) atoms. The molecule has 0 aliphatic carbocycles. The van der Waals surface area contributed by atoms with Crippen LogP contribution in [0, 0.1) is 0 Å². The van der Waals surface area contributed by atoms with Crippen LogP contribution >= 0.6 is 0 Å². The van der Waals surface area contributed by atoms with Crippen LogP contribution in [0.15, 0.2) is 24.3 Å². The Labute approximate surface area is 98.4 Å². The molecule has 6 heteroatoms. The number of benzene rings is 1. The van der Waals surface area contributed by atoms with E-state index in [-0.39, 0.29) is 6.61 Å². The molecule has 1 rings (SSSR count). The van der Waals surface area contributed by atoms with Gasteiger partial charge in [-0.1, -0.05) is 12.1 Å². The largest absolute Gasteiger partial charge is 0.356 e. The van der Waals surface area contributed by atoms with Crippen molar-refractivity contribution in [2.75, 3.05) is 5.32 Å². The highest BCUT2D eigenvalue weighted by Crippen LogP contribution is 2.10. The van der Waals surface area contributed by atoms with Crippen LogP contribution in [-0.4, -0.2) is 23.2 Å². The molecule has 0 bridgehead atoms. The Balaban J connectivity index is 2.56. The first-order valence-electron chi connectivity index (χ1n) is 4.95. The van der Waals surface area contributed by atoms with Crippen LogP contribution in [0.3, 0.4) is 0 Å². The Bertz CT molecular complexity index is 400. The van der Waals surface area contributed by atoms with Crippen LogP contribution in [-0.2, 0) is 20.9 Å². The molecule has 1 aromatic rings. The minimum absolute atomic E-state index is 0.165. The minimum Gasteiger partial charge on any atom is -0.356 e. The van der Waals surface area contributed by atoms with Crippen LogP contribution < -0.4 is 11.1 Å². The quantitative estimate of drug-likeness (QED) is 0.493. The summed E-state index contributed by atoms with van der Waals surface area (Å²) in [6.45, 7) is 1.36. The second kappa shape index (κ2) is 6.09. The van der Waals surface area contributed by atoms with Gasteiger partial charge >= 0.3 is 0 Å². The Morgan fingerprint density at radius 3 is 2.47 bits per heavy atom. The summed E-state index contributed by atoms with van der Waals surface area (Å²) >= 11 is 0. The lowest BCUT2D eigenvalue weighted by molar-refractivity contribution is -0.133. The van der Waals surface area contributed by atoms with Gasteiger partial charge in [0, 0.05) is 12.6 Å². The number of amides is 1. The fraction of sp³-hybridized carbons (Fsp3) is 0.273. The van der Waals surface area contributed by atoms with Gasteiger partial charge in [-0.25, -0.2) is 0 Å². The number of aliphatic hydroxyl groups excluding tert-OH is 1. The first kappa shape index (κ1) is 13.3. The number of nitrogens with one attached hydrogen (secondary N) is 1. The normalized spacial score (nSPS) is 11.9. The van der Waals surface area contributed by atoms with Gasteiger partial charge in [0.1, 0.15) is 0 Å². The molecule has 0 fully saturated rings. The maximum absolute atomic E-state index is 11.1. The van der Waals surface area contributed by atoms with Crippen molar-refractivity contribution in [2.24, 2.45) is 5.73 Å².